The van der Waals surface area contributed by atoms with Crippen LogP contribution in [0, 0.1) is 22.7 Å². The van der Waals surface area contributed by atoms with Crippen LogP contribution in [0.1, 0.15) is 11.1 Å². The summed E-state index contributed by atoms with van der Waals surface area (Å²) in [4.78, 5) is 0. The van der Waals surface area contributed by atoms with Crippen LogP contribution in [0.4, 0.5) is 0 Å². The van der Waals surface area contributed by atoms with Crippen molar-refractivity contribution in [3.8, 4) is 23.3 Å². The van der Waals surface area contributed by atoms with Gasteiger partial charge in [-0.25, -0.2) is 0 Å². The Morgan fingerprint density at radius 1 is 0.778 bits per heavy atom. The Bertz CT molecular complexity index is 613. The van der Waals surface area contributed by atoms with E-state index in [0.29, 0.717) is 12.8 Å². The Morgan fingerprint density at radius 2 is 1.44 bits per heavy atom. The maximum Gasteiger partial charge on any atom is 0.0669 e. The summed E-state index contributed by atoms with van der Waals surface area (Å²) in [5.41, 5.74) is 4.22. The molecule has 0 amide bonds. The number of hydrogen-bond acceptors (Lipinski definition) is 2. The first kappa shape index (κ1) is 11.9. The molecular weight excluding hydrogens is 220 g/mol. The first-order valence-electron chi connectivity index (χ1n) is 5.76. The molecule has 2 aromatic carbocycles. The predicted molar refractivity (Wildman–Crippen MR) is 70.5 cm³/mol. The van der Waals surface area contributed by atoms with Crippen molar-refractivity contribution < 1.29 is 0 Å². The van der Waals surface area contributed by atoms with E-state index in [0.717, 1.165) is 22.3 Å². The molecule has 2 aromatic rings. The lowest BCUT2D eigenvalue weighted by molar-refractivity contribution is 1.25. The van der Waals surface area contributed by atoms with Crippen LogP contribution in [-0.4, -0.2) is 0 Å². The number of nitriles is 2. The maximum absolute atomic E-state index is 8.82. The van der Waals surface area contributed by atoms with E-state index in [1.54, 1.807) is 0 Å². The van der Waals surface area contributed by atoms with Gasteiger partial charge in [-0.3, -0.25) is 0 Å². The summed E-state index contributed by atoms with van der Waals surface area (Å²) < 4.78 is 0. The molecule has 2 heteroatoms. The molecule has 0 saturated carbocycles. The highest BCUT2D eigenvalue weighted by Gasteiger charge is 2.04. The predicted octanol–water partition coefficient (Wildman–Crippen LogP) is 3.49. The van der Waals surface area contributed by atoms with Gasteiger partial charge in [-0.15, -0.1) is 0 Å². The minimum Gasteiger partial charge on any atom is -0.198 e. The normalized spacial score (nSPS) is 9.44. The summed E-state index contributed by atoms with van der Waals surface area (Å²) in [5.74, 6) is 0. The van der Waals surface area contributed by atoms with E-state index < -0.39 is 0 Å². The average Bonchev–Trinajstić information content (AvgIpc) is 2.41. The zero-order valence-corrected chi connectivity index (χ0v) is 9.93. The summed E-state index contributed by atoms with van der Waals surface area (Å²) in [6.07, 6.45) is 0.843. The van der Waals surface area contributed by atoms with Crippen LogP contribution in [0.3, 0.4) is 0 Å². The molecule has 2 nitrogen and oxygen atoms in total. The van der Waals surface area contributed by atoms with Crippen molar-refractivity contribution in [2.75, 3.05) is 0 Å². The zero-order valence-electron chi connectivity index (χ0n) is 9.93. The average molecular weight is 232 g/mol. The lowest BCUT2D eigenvalue weighted by atomic mass is 9.97. The largest absolute Gasteiger partial charge is 0.198 e. The molecule has 0 aliphatic heterocycles. The van der Waals surface area contributed by atoms with Gasteiger partial charge in [-0.2, -0.15) is 10.5 Å². The van der Waals surface area contributed by atoms with Crippen molar-refractivity contribution in [1.82, 2.24) is 0 Å². The number of benzene rings is 2. The fourth-order valence-electron chi connectivity index (χ4n) is 1.93. The molecular formula is C16H12N2. The van der Waals surface area contributed by atoms with Crippen molar-refractivity contribution in [2.45, 2.75) is 12.8 Å². The third-order valence-electron chi connectivity index (χ3n) is 2.83. The molecule has 0 spiro atoms. The smallest absolute Gasteiger partial charge is 0.0669 e. The summed E-state index contributed by atoms with van der Waals surface area (Å²) in [5, 5.41) is 17.5. The molecule has 0 aliphatic rings. The fraction of sp³-hybridized carbons (Fsp3) is 0.125. The van der Waals surface area contributed by atoms with E-state index in [4.69, 9.17) is 10.5 Å². The second-order valence-corrected chi connectivity index (χ2v) is 4.02. The number of nitrogens with zero attached hydrogens (tertiary/aromatic N) is 2. The summed E-state index contributed by atoms with van der Waals surface area (Å²) >= 11 is 0. The monoisotopic (exact) mass is 232 g/mol. The third kappa shape index (κ3) is 2.56. The van der Waals surface area contributed by atoms with Gasteiger partial charge in [0.15, 0.2) is 0 Å². The van der Waals surface area contributed by atoms with Gasteiger partial charge in [-0.05, 0) is 22.3 Å². The SMILES string of the molecule is N#CCc1ccc(-c2ccccc2CC#N)cc1. The molecule has 0 saturated heterocycles. The van der Waals surface area contributed by atoms with Crippen LogP contribution >= 0.6 is 0 Å². The van der Waals surface area contributed by atoms with Gasteiger partial charge < -0.3 is 0 Å². The van der Waals surface area contributed by atoms with Gasteiger partial charge in [0.25, 0.3) is 0 Å². The van der Waals surface area contributed by atoms with E-state index in [1.165, 1.54) is 0 Å². The molecule has 0 bridgehead atoms. The molecule has 0 aromatic heterocycles. The van der Waals surface area contributed by atoms with Gasteiger partial charge in [0, 0.05) is 0 Å². The molecule has 0 N–H and O–H groups in total. The fourth-order valence-corrected chi connectivity index (χ4v) is 1.93. The van der Waals surface area contributed by atoms with Crippen LogP contribution < -0.4 is 0 Å². The molecule has 0 fully saturated rings. The first-order chi connectivity index (χ1) is 8.85. The van der Waals surface area contributed by atoms with Gasteiger partial charge in [0.2, 0.25) is 0 Å². The highest BCUT2D eigenvalue weighted by molar-refractivity contribution is 5.68. The van der Waals surface area contributed by atoms with E-state index in [9.17, 15) is 0 Å². The maximum atomic E-state index is 8.82. The first-order valence-corrected chi connectivity index (χ1v) is 5.76. The summed E-state index contributed by atoms with van der Waals surface area (Å²) in [6.45, 7) is 0. The summed E-state index contributed by atoms with van der Waals surface area (Å²) in [7, 11) is 0. The van der Waals surface area contributed by atoms with Crippen molar-refractivity contribution >= 4 is 0 Å². The topological polar surface area (TPSA) is 47.6 Å². The quantitative estimate of drug-likeness (QED) is 0.813. The second kappa shape index (κ2) is 5.66. The number of rotatable bonds is 3. The van der Waals surface area contributed by atoms with Crippen molar-refractivity contribution in [2.24, 2.45) is 0 Å². The molecule has 0 atom stereocenters. The van der Waals surface area contributed by atoms with Gasteiger partial charge >= 0.3 is 0 Å². The Morgan fingerprint density at radius 3 is 2.11 bits per heavy atom. The molecule has 0 heterocycles. The van der Waals surface area contributed by atoms with Crippen LogP contribution in [0.5, 0.6) is 0 Å². The highest BCUT2D eigenvalue weighted by atomic mass is 14.2. The molecule has 2 rings (SSSR count). The minimum atomic E-state index is 0.413. The van der Waals surface area contributed by atoms with Crippen LogP contribution in [0.2, 0.25) is 0 Å². The zero-order chi connectivity index (χ0) is 12.8. The summed E-state index contributed by atoms with van der Waals surface area (Å²) in [6, 6.07) is 20.2. The van der Waals surface area contributed by atoms with Crippen molar-refractivity contribution in [3.05, 3.63) is 59.7 Å². The number of hydrogen-bond donors (Lipinski definition) is 0. The van der Waals surface area contributed by atoms with Crippen LogP contribution in [0.25, 0.3) is 11.1 Å². The van der Waals surface area contributed by atoms with Crippen LogP contribution in [0.15, 0.2) is 48.5 Å². The standard InChI is InChI=1S/C16H12N2/c17-11-9-13-5-7-15(8-6-13)16-4-2-1-3-14(16)10-12-18/h1-8H,9-10H2. The Kier molecular flexibility index (Phi) is 3.74. The molecule has 0 unspecified atom stereocenters. The van der Waals surface area contributed by atoms with E-state index in [1.807, 2.05) is 48.5 Å². The second-order valence-electron chi connectivity index (χ2n) is 4.02. The molecule has 86 valence electrons. The van der Waals surface area contributed by atoms with Crippen molar-refractivity contribution in [3.63, 3.8) is 0 Å². The Balaban J connectivity index is 2.37. The van der Waals surface area contributed by atoms with Crippen molar-refractivity contribution in [1.29, 1.82) is 10.5 Å². The highest BCUT2D eigenvalue weighted by Crippen LogP contribution is 2.24. The van der Waals surface area contributed by atoms with E-state index >= 15 is 0 Å². The lowest BCUT2D eigenvalue weighted by Crippen LogP contribution is -1.88. The van der Waals surface area contributed by atoms with E-state index in [-0.39, 0.29) is 0 Å². The molecule has 18 heavy (non-hydrogen) atoms. The molecule has 0 aliphatic carbocycles. The molecule has 0 radical (unpaired) electrons. The van der Waals surface area contributed by atoms with Gasteiger partial charge in [0.1, 0.15) is 0 Å². The lowest BCUT2D eigenvalue weighted by Gasteiger charge is -2.07. The Hall–Kier alpha value is -2.58. The Labute approximate surface area is 107 Å². The minimum absolute atomic E-state index is 0.413. The van der Waals surface area contributed by atoms with Gasteiger partial charge in [-0.1, -0.05) is 48.5 Å². The van der Waals surface area contributed by atoms with Crippen LogP contribution in [-0.2, 0) is 12.8 Å². The van der Waals surface area contributed by atoms with Gasteiger partial charge in [0.05, 0.1) is 25.0 Å². The third-order valence-corrected chi connectivity index (χ3v) is 2.83. The van der Waals surface area contributed by atoms with E-state index in [2.05, 4.69) is 12.1 Å².